The molecular weight excluding hydrogens is 181 g/mol. The Labute approximate surface area is 83.9 Å². The molecule has 0 saturated carbocycles. The Balaban J connectivity index is 2.95. The van der Waals surface area contributed by atoms with Crippen molar-refractivity contribution in [3.8, 4) is 5.75 Å². The number of hydrogen-bond acceptors (Lipinski definition) is 2. The first kappa shape index (κ1) is 11.0. The molecule has 2 nitrogen and oxygen atoms in total. The van der Waals surface area contributed by atoms with Crippen molar-refractivity contribution in [3.63, 3.8) is 0 Å². The van der Waals surface area contributed by atoms with Gasteiger partial charge in [0, 0.05) is 5.56 Å². The predicted molar refractivity (Wildman–Crippen MR) is 55.3 cm³/mol. The molecule has 1 aromatic carbocycles. The molecule has 0 aliphatic carbocycles. The summed E-state index contributed by atoms with van der Waals surface area (Å²) in [6.45, 7) is 2.29. The first-order valence-electron chi connectivity index (χ1n) is 4.67. The summed E-state index contributed by atoms with van der Waals surface area (Å²) in [6.07, 6.45) is -0.699. The molecule has 1 aromatic rings. The second-order valence-corrected chi connectivity index (χ2v) is 3.29. The van der Waals surface area contributed by atoms with Crippen molar-refractivity contribution in [3.05, 3.63) is 29.3 Å². The summed E-state index contributed by atoms with van der Waals surface area (Å²) in [5.41, 5.74) is 6.95. The van der Waals surface area contributed by atoms with Crippen molar-refractivity contribution in [1.29, 1.82) is 0 Å². The third kappa shape index (κ3) is 2.45. The van der Waals surface area contributed by atoms with E-state index in [1.165, 1.54) is 0 Å². The van der Waals surface area contributed by atoms with Crippen LogP contribution in [0.3, 0.4) is 0 Å². The average molecular weight is 197 g/mol. The fourth-order valence-electron chi connectivity index (χ4n) is 1.38. The quantitative estimate of drug-likeness (QED) is 0.804. The number of benzene rings is 1. The van der Waals surface area contributed by atoms with Gasteiger partial charge in [0.1, 0.15) is 11.9 Å². The maximum Gasteiger partial charge on any atom is 0.130 e. The Bertz CT molecular complexity index is 301. The highest BCUT2D eigenvalue weighted by molar-refractivity contribution is 5.38. The fourth-order valence-corrected chi connectivity index (χ4v) is 1.38. The first-order valence-corrected chi connectivity index (χ1v) is 4.67. The Hall–Kier alpha value is -1.09. The molecule has 1 rings (SSSR count). The Morgan fingerprint density at radius 3 is 2.79 bits per heavy atom. The van der Waals surface area contributed by atoms with Gasteiger partial charge in [0.15, 0.2) is 0 Å². The van der Waals surface area contributed by atoms with Gasteiger partial charge in [-0.15, -0.1) is 0 Å². The van der Waals surface area contributed by atoms with Crippen LogP contribution in [0.2, 0.25) is 0 Å². The summed E-state index contributed by atoms with van der Waals surface area (Å²) in [7, 11) is 1.55. The summed E-state index contributed by atoms with van der Waals surface area (Å²) in [6, 6.07) is 5.47. The van der Waals surface area contributed by atoms with Crippen LogP contribution >= 0.6 is 0 Å². The average Bonchev–Trinajstić information content (AvgIpc) is 2.17. The van der Waals surface area contributed by atoms with Crippen molar-refractivity contribution < 1.29 is 9.13 Å². The Morgan fingerprint density at radius 2 is 2.21 bits per heavy atom. The number of alkyl halides is 1. The molecule has 2 N–H and O–H groups in total. The van der Waals surface area contributed by atoms with Crippen molar-refractivity contribution in [1.82, 2.24) is 0 Å². The van der Waals surface area contributed by atoms with Crippen LogP contribution in [-0.4, -0.2) is 13.7 Å². The number of aryl methyl sites for hydroxylation is 1. The van der Waals surface area contributed by atoms with E-state index in [0.29, 0.717) is 24.3 Å². The molecule has 0 heterocycles. The van der Waals surface area contributed by atoms with Gasteiger partial charge in [-0.1, -0.05) is 12.1 Å². The SMILES string of the molecule is COc1cc(C)ccc1C(F)CCN. The van der Waals surface area contributed by atoms with Crippen LogP contribution in [0.4, 0.5) is 4.39 Å². The number of rotatable bonds is 4. The van der Waals surface area contributed by atoms with Gasteiger partial charge >= 0.3 is 0 Å². The van der Waals surface area contributed by atoms with Crippen LogP contribution in [0.1, 0.15) is 23.7 Å². The molecule has 0 spiro atoms. The molecule has 0 aliphatic heterocycles. The second kappa shape index (κ2) is 4.96. The van der Waals surface area contributed by atoms with Crippen LogP contribution < -0.4 is 10.5 Å². The molecule has 3 heteroatoms. The fraction of sp³-hybridized carbons (Fsp3) is 0.455. The summed E-state index contributed by atoms with van der Waals surface area (Å²) >= 11 is 0. The number of methoxy groups -OCH3 is 1. The predicted octanol–water partition coefficient (Wildman–Crippen LogP) is 2.36. The highest BCUT2D eigenvalue weighted by atomic mass is 19.1. The smallest absolute Gasteiger partial charge is 0.130 e. The van der Waals surface area contributed by atoms with E-state index >= 15 is 0 Å². The topological polar surface area (TPSA) is 35.2 Å². The van der Waals surface area contributed by atoms with E-state index in [-0.39, 0.29) is 0 Å². The third-order valence-electron chi connectivity index (χ3n) is 2.15. The lowest BCUT2D eigenvalue weighted by molar-refractivity contribution is 0.311. The van der Waals surface area contributed by atoms with E-state index in [9.17, 15) is 4.39 Å². The lowest BCUT2D eigenvalue weighted by atomic mass is 10.0. The summed E-state index contributed by atoms with van der Waals surface area (Å²) in [5.74, 6) is 0.603. The van der Waals surface area contributed by atoms with Crippen LogP contribution in [0.15, 0.2) is 18.2 Å². The number of hydrogen-bond donors (Lipinski definition) is 1. The van der Waals surface area contributed by atoms with E-state index in [1.54, 1.807) is 13.2 Å². The van der Waals surface area contributed by atoms with Crippen LogP contribution in [0, 0.1) is 6.92 Å². The van der Waals surface area contributed by atoms with Gasteiger partial charge in [-0.05, 0) is 31.5 Å². The van der Waals surface area contributed by atoms with Gasteiger partial charge in [-0.25, -0.2) is 4.39 Å². The van der Waals surface area contributed by atoms with Gasteiger partial charge in [-0.2, -0.15) is 0 Å². The van der Waals surface area contributed by atoms with Crippen molar-refractivity contribution in [2.24, 2.45) is 5.73 Å². The minimum Gasteiger partial charge on any atom is -0.496 e. The summed E-state index contributed by atoms with van der Waals surface area (Å²) in [5, 5.41) is 0. The van der Waals surface area contributed by atoms with E-state index in [0.717, 1.165) is 5.56 Å². The monoisotopic (exact) mass is 197 g/mol. The zero-order chi connectivity index (χ0) is 10.6. The third-order valence-corrected chi connectivity index (χ3v) is 2.15. The van der Waals surface area contributed by atoms with Gasteiger partial charge in [0.2, 0.25) is 0 Å². The molecule has 78 valence electrons. The molecular formula is C11H16FNO. The zero-order valence-electron chi connectivity index (χ0n) is 8.59. The van der Waals surface area contributed by atoms with Crippen LogP contribution in [0.5, 0.6) is 5.75 Å². The maximum absolute atomic E-state index is 13.6. The van der Waals surface area contributed by atoms with Crippen molar-refractivity contribution in [2.45, 2.75) is 19.5 Å². The summed E-state index contributed by atoms with van der Waals surface area (Å²) < 4.78 is 18.7. The Morgan fingerprint density at radius 1 is 1.50 bits per heavy atom. The molecule has 0 saturated heterocycles. The lowest BCUT2D eigenvalue weighted by Gasteiger charge is -2.12. The molecule has 0 aromatic heterocycles. The second-order valence-electron chi connectivity index (χ2n) is 3.29. The lowest BCUT2D eigenvalue weighted by Crippen LogP contribution is -2.05. The standard InChI is InChI=1S/C11H16FNO/c1-8-3-4-9(10(12)5-6-13)11(7-8)14-2/h3-4,7,10H,5-6,13H2,1-2H3. The molecule has 0 aliphatic rings. The van der Waals surface area contributed by atoms with Gasteiger partial charge < -0.3 is 10.5 Å². The maximum atomic E-state index is 13.6. The number of halogens is 1. The van der Waals surface area contributed by atoms with E-state index in [4.69, 9.17) is 10.5 Å². The largest absolute Gasteiger partial charge is 0.496 e. The van der Waals surface area contributed by atoms with Gasteiger partial charge in [0.25, 0.3) is 0 Å². The van der Waals surface area contributed by atoms with Crippen molar-refractivity contribution in [2.75, 3.05) is 13.7 Å². The zero-order valence-corrected chi connectivity index (χ0v) is 8.59. The highest BCUT2D eigenvalue weighted by Gasteiger charge is 2.13. The molecule has 0 radical (unpaired) electrons. The molecule has 0 fully saturated rings. The minimum atomic E-state index is -1.03. The number of ether oxygens (including phenoxy) is 1. The minimum absolute atomic E-state index is 0.333. The molecule has 0 bridgehead atoms. The summed E-state index contributed by atoms with van der Waals surface area (Å²) in [4.78, 5) is 0. The van der Waals surface area contributed by atoms with E-state index in [1.807, 2.05) is 19.1 Å². The van der Waals surface area contributed by atoms with Crippen molar-refractivity contribution >= 4 is 0 Å². The molecule has 1 unspecified atom stereocenters. The highest BCUT2D eigenvalue weighted by Crippen LogP contribution is 2.30. The Kier molecular flexibility index (Phi) is 3.89. The van der Waals surface area contributed by atoms with Crippen LogP contribution in [0.25, 0.3) is 0 Å². The van der Waals surface area contributed by atoms with Crippen LogP contribution in [-0.2, 0) is 0 Å². The molecule has 14 heavy (non-hydrogen) atoms. The normalized spacial score (nSPS) is 12.6. The molecule has 1 atom stereocenters. The number of nitrogens with two attached hydrogens (primary N) is 1. The van der Waals surface area contributed by atoms with E-state index < -0.39 is 6.17 Å². The molecule has 0 amide bonds. The van der Waals surface area contributed by atoms with Gasteiger partial charge in [0.05, 0.1) is 7.11 Å². The van der Waals surface area contributed by atoms with E-state index in [2.05, 4.69) is 0 Å². The van der Waals surface area contributed by atoms with Gasteiger partial charge in [-0.3, -0.25) is 0 Å². The first-order chi connectivity index (χ1) is 6.69.